The molecule has 0 radical (unpaired) electrons. The van der Waals surface area contributed by atoms with E-state index in [1.165, 1.54) is 12.0 Å². The number of Topliss-reactive ketones (excluding diaryl/α,β-unsaturated/α-hetero) is 1. The number of fused-ring (bicyclic) bond motifs is 1. The zero-order valence-electron chi connectivity index (χ0n) is 21.6. The van der Waals surface area contributed by atoms with E-state index < -0.39 is 17.7 Å². The molecular weight excluding hydrogens is 540 g/mol. The average molecular weight is 573 g/mol. The van der Waals surface area contributed by atoms with E-state index in [1.54, 1.807) is 24.3 Å². The first-order chi connectivity index (χ1) is 17.7. The molecule has 0 saturated carbocycles. The molecule has 1 amide bonds. The number of carbonyl (C=O) groups is 2. The van der Waals surface area contributed by atoms with Crippen LogP contribution in [0.2, 0.25) is 0 Å². The number of halogens is 1. The van der Waals surface area contributed by atoms with Crippen LogP contribution in [0.25, 0.3) is 5.76 Å². The maximum Gasteiger partial charge on any atom is 0.295 e. The lowest BCUT2D eigenvalue weighted by Crippen LogP contribution is -2.33. The summed E-state index contributed by atoms with van der Waals surface area (Å²) in [6.07, 6.45) is 1.39. The summed E-state index contributed by atoms with van der Waals surface area (Å²) in [6.45, 7) is 9.02. The van der Waals surface area contributed by atoms with Crippen molar-refractivity contribution in [3.8, 4) is 17.2 Å². The summed E-state index contributed by atoms with van der Waals surface area (Å²) >= 11 is 3.35. The first kappa shape index (κ1) is 27.0. The molecule has 0 bridgehead atoms. The van der Waals surface area contributed by atoms with E-state index in [0.29, 0.717) is 35.0 Å². The SMILES string of the molecule is CCN(CC)CCCN1C(=O)C(=O)C(=C(O)c2ccc3c(c2)C[C@H](C)O3)[C@H]1c1cc(Br)c(O)c(OC)c1. The topological polar surface area (TPSA) is 99.5 Å². The Labute approximate surface area is 225 Å². The van der Waals surface area contributed by atoms with Gasteiger partial charge in [0.25, 0.3) is 11.7 Å². The van der Waals surface area contributed by atoms with E-state index in [2.05, 4.69) is 34.7 Å². The Morgan fingerprint density at radius 2 is 1.95 bits per heavy atom. The van der Waals surface area contributed by atoms with Gasteiger partial charge in [0.2, 0.25) is 0 Å². The fraction of sp³-hybridized carbons (Fsp3) is 0.429. The molecule has 2 aromatic carbocycles. The Bertz CT molecular complexity index is 1240. The van der Waals surface area contributed by atoms with Gasteiger partial charge in [-0.25, -0.2) is 0 Å². The van der Waals surface area contributed by atoms with Gasteiger partial charge in [-0.05, 0) is 90.4 Å². The first-order valence-electron chi connectivity index (χ1n) is 12.6. The fourth-order valence-corrected chi connectivity index (χ4v) is 5.55. The molecule has 9 heteroatoms. The smallest absolute Gasteiger partial charge is 0.295 e. The summed E-state index contributed by atoms with van der Waals surface area (Å²) in [5.74, 6) is -0.769. The van der Waals surface area contributed by atoms with Crippen LogP contribution in [-0.2, 0) is 16.0 Å². The molecule has 2 N–H and O–H groups in total. The van der Waals surface area contributed by atoms with Crippen molar-refractivity contribution in [2.24, 2.45) is 0 Å². The number of nitrogens with zero attached hydrogens (tertiary/aromatic N) is 2. The molecule has 2 aliphatic heterocycles. The molecule has 0 unspecified atom stereocenters. The van der Waals surface area contributed by atoms with Crippen LogP contribution in [-0.4, -0.2) is 71.1 Å². The number of hydrogen-bond donors (Lipinski definition) is 2. The number of aromatic hydroxyl groups is 1. The minimum Gasteiger partial charge on any atom is -0.507 e. The van der Waals surface area contributed by atoms with Crippen LogP contribution in [0.1, 0.15) is 49.9 Å². The number of carbonyl (C=O) groups excluding carboxylic acids is 2. The van der Waals surface area contributed by atoms with E-state index in [9.17, 15) is 19.8 Å². The van der Waals surface area contributed by atoms with Crippen LogP contribution < -0.4 is 9.47 Å². The standard InChI is InChI=1S/C28H33BrN2O6/c1-5-30(6-2)10-7-11-31-24(19-14-20(29)26(33)22(15-19)36-4)23(27(34)28(31)35)25(32)17-8-9-21-18(13-17)12-16(3)37-21/h8-9,13-16,24,32-33H,5-7,10-12H2,1-4H3/t16-,24+/m0/s1. The van der Waals surface area contributed by atoms with Crippen molar-refractivity contribution in [2.45, 2.75) is 45.8 Å². The number of ketones is 1. The van der Waals surface area contributed by atoms with Gasteiger partial charge in [-0.3, -0.25) is 9.59 Å². The van der Waals surface area contributed by atoms with Crippen LogP contribution in [0.5, 0.6) is 17.2 Å². The molecule has 1 fully saturated rings. The third-order valence-electron chi connectivity index (χ3n) is 7.06. The zero-order chi connectivity index (χ0) is 26.9. The van der Waals surface area contributed by atoms with Crippen molar-refractivity contribution in [3.05, 3.63) is 57.1 Å². The van der Waals surface area contributed by atoms with E-state index in [0.717, 1.165) is 30.9 Å². The second kappa shape index (κ2) is 11.1. The lowest BCUT2D eigenvalue weighted by Gasteiger charge is -2.27. The van der Waals surface area contributed by atoms with Crippen LogP contribution in [0, 0.1) is 0 Å². The Morgan fingerprint density at radius 3 is 2.62 bits per heavy atom. The molecule has 2 atom stereocenters. The summed E-state index contributed by atoms with van der Waals surface area (Å²) < 4.78 is 11.5. The number of amides is 1. The molecular formula is C28H33BrN2O6. The van der Waals surface area contributed by atoms with Crippen molar-refractivity contribution in [2.75, 3.05) is 33.3 Å². The second-order valence-electron chi connectivity index (χ2n) is 9.38. The lowest BCUT2D eigenvalue weighted by molar-refractivity contribution is -0.140. The minimum atomic E-state index is -0.842. The number of ether oxygens (including phenoxy) is 2. The molecule has 8 nitrogen and oxygen atoms in total. The van der Waals surface area contributed by atoms with Crippen molar-refractivity contribution in [1.29, 1.82) is 0 Å². The van der Waals surface area contributed by atoms with Gasteiger partial charge in [-0.1, -0.05) is 13.8 Å². The van der Waals surface area contributed by atoms with Gasteiger partial charge in [0.15, 0.2) is 11.5 Å². The number of benzene rings is 2. The van der Waals surface area contributed by atoms with Gasteiger partial charge in [0, 0.05) is 18.5 Å². The third-order valence-corrected chi connectivity index (χ3v) is 7.67. The summed E-state index contributed by atoms with van der Waals surface area (Å²) in [5, 5.41) is 21.8. The minimum absolute atomic E-state index is 0.0133. The first-order valence-corrected chi connectivity index (χ1v) is 13.4. The number of rotatable bonds is 9. The summed E-state index contributed by atoms with van der Waals surface area (Å²) in [4.78, 5) is 30.4. The number of hydrogen-bond acceptors (Lipinski definition) is 7. The molecule has 198 valence electrons. The average Bonchev–Trinajstić information content (AvgIpc) is 3.38. The highest BCUT2D eigenvalue weighted by atomic mass is 79.9. The molecule has 2 aliphatic rings. The number of aliphatic hydroxyl groups is 1. The van der Waals surface area contributed by atoms with E-state index >= 15 is 0 Å². The van der Waals surface area contributed by atoms with Crippen LogP contribution in [0.15, 0.2) is 40.4 Å². The van der Waals surface area contributed by atoms with E-state index in [1.807, 2.05) is 13.0 Å². The Balaban J connectivity index is 1.80. The Morgan fingerprint density at radius 1 is 1.22 bits per heavy atom. The Kier molecular flexibility index (Phi) is 8.14. The molecule has 1 saturated heterocycles. The second-order valence-corrected chi connectivity index (χ2v) is 10.2. The van der Waals surface area contributed by atoms with Crippen LogP contribution in [0.3, 0.4) is 0 Å². The summed E-state index contributed by atoms with van der Waals surface area (Å²) in [5.41, 5.74) is 1.95. The number of likely N-dealkylation sites (tertiary alicyclic amines) is 1. The predicted molar refractivity (Wildman–Crippen MR) is 144 cm³/mol. The highest BCUT2D eigenvalue weighted by Crippen LogP contribution is 2.44. The van der Waals surface area contributed by atoms with Gasteiger partial charge in [-0.2, -0.15) is 0 Å². The van der Waals surface area contributed by atoms with Gasteiger partial charge in [-0.15, -0.1) is 0 Å². The van der Waals surface area contributed by atoms with Gasteiger partial charge in [0.05, 0.1) is 23.2 Å². The van der Waals surface area contributed by atoms with Crippen molar-refractivity contribution in [1.82, 2.24) is 9.80 Å². The maximum atomic E-state index is 13.4. The largest absolute Gasteiger partial charge is 0.507 e. The van der Waals surface area contributed by atoms with Crippen molar-refractivity contribution < 1.29 is 29.3 Å². The van der Waals surface area contributed by atoms with E-state index in [-0.39, 0.29) is 28.9 Å². The summed E-state index contributed by atoms with van der Waals surface area (Å²) in [6, 6.07) is 7.70. The van der Waals surface area contributed by atoms with Gasteiger partial charge in [0.1, 0.15) is 17.6 Å². The highest BCUT2D eigenvalue weighted by molar-refractivity contribution is 9.10. The fourth-order valence-electron chi connectivity index (χ4n) is 5.09. The molecule has 0 spiro atoms. The quantitative estimate of drug-likeness (QED) is 0.256. The van der Waals surface area contributed by atoms with Crippen molar-refractivity contribution in [3.63, 3.8) is 0 Å². The maximum absolute atomic E-state index is 13.4. The molecule has 0 aromatic heterocycles. The van der Waals surface area contributed by atoms with Crippen LogP contribution >= 0.6 is 15.9 Å². The molecule has 0 aliphatic carbocycles. The molecule has 2 aromatic rings. The van der Waals surface area contributed by atoms with Crippen molar-refractivity contribution >= 4 is 33.4 Å². The molecule has 37 heavy (non-hydrogen) atoms. The highest BCUT2D eigenvalue weighted by Gasteiger charge is 2.46. The number of methoxy groups -OCH3 is 1. The molecule has 2 heterocycles. The number of aliphatic hydroxyl groups excluding tert-OH is 1. The Hall–Kier alpha value is -3.04. The lowest BCUT2D eigenvalue weighted by atomic mass is 9.94. The summed E-state index contributed by atoms with van der Waals surface area (Å²) in [7, 11) is 1.43. The van der Waals surface area contributed by atoms with E-state index in [4.69, 9.17) is 9.47 Å². The third kappa shape index (κ3) is 5.20. The van der Waals surface area contributed by atoms with Crippen LogP contribution in [0.4, 0.5) is 0 Å². The van der Waals surface area contributed by atoms with Gasteiger partial charge < -0.3 is 29.5 Å². The zero-order valence-corrected chi connectivity index (χ0v) is 23.2. The van der Waals surface area contributed by atoms with Gasteiger partial charge >= 0.3 is 0 Å². The molecule has 4 rings (SSSR count). The predicted octanol–water partition coefficient (Wildman–Crippen LogP) is 4.64. The number of phenols is 1. The number of phenolic OH excluding ortho intramolecular Hbond substituents is 1. The monoisotopic (exact) mass is 572 g/mol. The normalized spacial score (nSPS) is 20.4.